The summed E-state index contributed by atoms with van der Waals surface area (Å²) in [7, 11) is 0. The van der Waals surface area contributed by atoms with Gasteiger partial charge in [-0.3, -0.25) is 4.79 Å². The molecule has 0 spiro atoms. The average molecular weight is 244 g/mol. The van der Waals surface area contributed by atoms with Crippen molar-refractivity contribution in [3.05, 3.63) is 0 Å². The highest BCUT2D eigenvalue weighted by Gasteiger charge is 2.09. The average Bonchev–Trinajstić information content (AvgIpc) is 2.27. The van der Waals surface area contributed by atoms with E-state index in [1.54, 1.807) is 0 Å². The van der Waals surface area contributed by atoms with Crippen LogP contribution in [-0.2, 0) is 19.1 Å². The third-order valence-corrected chi connectivity index (χ3v) is 2.33. The topological polar surface area (TPSA) is 60.4 Å². The van der Waals surface area contributed by atoms with E-state index < -0.39 is 0 Å². The summed E-state index contributed by atoms with van der Waals surface area (Å²) in [6.07, 6.45) is 6.45. The molecule has 17 heavy (non-hydrogen) atoms. The van der Waals surface area contributed by atoms with E-state index >= 15 is 0 Å². The van der Waals surface area contributed by atoms with Crippen molar-refractivity contribution < 1.29 is 19.1 Å². The van der Waals surface area contributed by atoms with Gasteiger partial charge >= 0.3 is 12.1 Å². The van der Waals surface area contributed by atoms with Gasteiger partial charge in [-0.05, 0) is 12.3 Å². The number of carbonyl (C=O) groups excluding carboxylic acids is 3. The van der Waals surface area contributed by atoms with Gasteiger partial charge in [0.15, 0.2) is 0 Å². The lowest BCUT2D eigenvalue weighted by atomic mass is 10.0. The van der Waals surface area contributed by atoms with Crippen molar-refractivity contribution in [2.45, 2.75) is 59.3 Å². The Morgan fingerprint density at radius 2 is 1.71 bits per heavy atom. The van der Waals surface area contributed by atoms with Crippen LogP contribution in [-0.4, -0.2) is 18.7 Å². The van der Waals surface area contributed by atoms with Gasteiger partial charge in [0, 0.05) is 6.42 Å². The minimum Gasteiger partial charge on any atom is -0.466 e. The molecule has 0 fully saturated rings. The Labute approximate surface area is 104 Å². The molecule has 0 rings (SSSR count). The van der Waals surface area contributed by atoms with Crippen LogP contribution in [0.3, 0.4) is 0 Å². The highest BCUT2D eigenvalue weighted by molar-refractivity contribution is 5.69. The van der Waals surface area contributed by atoms with Crippen molar-refractivity contribution >= 4 is 12.1 Å². The summed E-state index contributed by atoms with van der Waals surface area (Å²) in [6, 6.07) is 0. The molecule has 0 amide bonds. The molecule has 0 aromatic carbocycles. The SMILES string of the molecule is CCCCOC(=O)CC(C)CCCC.O=C=O. The molecule has 0 aromatic heterocycles. The maximum Gasteiger partial charge on any atom is 0.373 e. The smallest absolute Gasteiger partial charge is 0.373 e. The van der Waals surface area contributed by atoms with E-state index in [9.17, 15) is 4.79 Å². The Bertz CT molecular complexity index is 207. The van der Waals surface area contributed by atoms with Gasteiger partial charge in [0.2, 0.25) is 0 Å². The van der Waals surface area contributed by atoms with Gasteiger partial charge in [0.25, 0.3) is 0 Å². The Morgan fingerprint density at radius 3 is 2.18 bits per heavy atom. The molecule has 0 heterocycles. The Morgan fingerprint density at radius 1 is 1.18 bits per heavy atom. The van der Waals surface area contributed by atoms with Crippen LogP contribution in [0.25, 0.3) is 0 Å². The van der Waals surface area contributed by atoms with E-state index in [4.69, 9.17) is 14.3 Å². The molecule has 1 unspecified atom stereocenters. The van der Waals surface area contributed by atoms with Crippen LogP contribution in [0.15, 0.2) is 0 Å². The quantitative estimate of drug-likeness (QED) is 0.486. The van der Waals surface area contributed by atoms with Gasteiger partial charge in [0.05, 0.1) is 6.61 Å². The molecule has 0 saturated carbocycles. The molecule has 0 N–H and O–H groups in total. The third-order valence-electron chi connectivity index (χ3n) is 2.33. The largest absolute Gasteiger partial charge is 0.466 e. The molecule has 0 radical (unpaired) electrons. The molecule has 4 heteroatoms. The second kappa shape index (κ2) is 14.8. The Kier molecular flexibility index (Phi) is 15.9. The van der Waals surface area contributed by atoms with Crippen molar-refractivity contribution in [3.63, 3.8) is 0 Å². The van der Waals surface area contributed by atoms with Crippen molar-refractivity contribution in [1.29, 1.82) is 0 Å². The second-order valence-corrected chi connectivity index (χ2v) is 4.11. The number of carbonyl (C=O) groups is 1. The van der Waals surface area contributed by atoms with Gasteiger partial charge in [-0.25, -0.2) is 0 Å². The van der Waals surface area contributed by atoms with Crippen molar-refractivity contribution in [3.8, 4) is 0 Å². The van der Waals surface area contributed by atoms with Crippen LogP contribution in [0.1, 0.15) is 59.3 Å². The fourth-order valence-corrected chi connectivity index (χ4v) is 1.33. The van der Waals surface area contributed by atoms with Crippen LogP contribution in [0.4, 0.5) is 0 Å². The Hall–Kier alpha value is -1.15. The van der Waals surface area contributed by atoms with Crippen molar-refractivity contribution in [2.24, 2.45) is 5.92 Å². The van der Waals surface area contributed by atoms with E-state index in [0.717, 1.165) is 19.3 Å². The molecule has 0 saturated heterocycles. The van der Waals surface area contributed by atoms with Crippen LogP contribution in [0.5, 0.6) is 0 Å². The summed E-state index contributed by atoms with van der Waals surface area (Å²) < 4.78 is 5.09. The van der Waals surface area contributed by atoms with Crippen LogP contribution in [0, 0.1) is 5.92 Å². The van der Waals surface area contributed by atoms with Crippen LogP contribution in [0.2, 0.25) is 0 Å². The first-order chi connectivity index (χ1) is 8.12. The van der Waals surface area contributed by atoms with Crippen LogP contribution >= 0.6 is 0 Å². The van der Waals surface area contributed by atoms with Gasteiger partial charge in [-0.2, -0.15) is 9.59 Å². The highest BCUT2D eigenvalue weighted by atomic mass is 16.5. The zero-order valence-corrected chi connectivity index (χ0v) is 11.2. The van der Waals surface area contributed by atoms with Gasteiger partial charge in [0.1, 0.15) is 0 Å². The zero-order chi connectivity index (χ0) is 13.5. The fourth-order valence-electron chi connectivity index (χ4n) is 1.33. The maximum atomic E-state index is 11.3. The Balaban J connectivity index is 0. The molecular formula is C13H24O4. The normalized spacial score (nSPS) is 10.8. The lowest BCUT2D eigenvalue weighted by molar-refractivity contribution is -0.191. The van der Waals surface area contributed by atoms with Gasteiger partial charge < -0.3 is 4.74 Å². The highest BCUT2D eigenvalue weighted by Crippen LogP contribution is 2.12. The van der Waals surface area contributed by atoms with E-state index in [0.29, 0.717) is 18.9 Å². The summed E-state index contributed by atoms with van der Waals surface area (Å²) in [5, 5.41) is 0. The summed E-state index contributed by atoms with van der Waals surface area (Å²) in [5.41, 5.74) is 0. The molecule has 0 aliphatic heterocycles. The molecule has 0 aliphatic carbocycles. The van der Waals surface area contributed by atoms with Gasteiger partial charge in [-0.15, -0.1) is 0 Å². The number of esters is 1. The predicted molar refractivity (Wildman–Crippen MR) is 64.2 cm³/mol. The lowest BCUT2D eigenvalue weighted by Crippen LogP contribution is -2.10. The molecule has 100 valence electrons. The monoisotopic (exact) mass is 244 g/mol. The molecule has 0 aliphatic rings. The lowest BCUT2D eigenvalue weighted by Gasteiger charge is -2.09. The molecule has 0 bridgehead atoms. The molecule has 4 nitrogen and oxygen atoms in total. The number of hydrogen-bond donors (Lipinski definition) is 0. The third kappa shape index (κ3) is 17.5. The molecular weight excluding hydrogens is 220 g/mol. The standard InChI is InChI=1S/C12H24O2.CO2/c1-4-6-8-11(3)10-12(13)14-9-7-5-2;2-1-3/h11H,4-10H2,1-3H3;. The molecule has 0 aromatic rings. The maximum absolute atomic E-state index is 11.3. The predicted octanol–water partition coefficient (Wildman–Crippen LogP) is 2.96. The summed E-state index contributed by atoms with van der Waals surface area (Å²) in [5.74, 6) is 0.450. The van der Waals surface area contributed by atoms with Gasteiger partial charge in [-0.1, -0.05) is 46.5 Å². The number of rotatable bonds is 8. The zero-order valence-electron chi connectivity index (χ0n) is 11.2. The molecule has 1 atom stereocenters. The first-order valence-electron chi connectivity index (χ1n) is 6.27. The van der Waals surface area contributed by atoms with E-state index in [2.05, 4.69) is 20.8 Å². The first kappa shape index (κ1) is 18.2. The minimum absolute atomic E-state index is 0.0259. The van der Waals surface area contributed by atoms with E-state index in [-0.39, 0.29) is 12.1 Å². The van der Waals surface area contributed by atoms with E-state index in [1.807, 2.05) is 0 Å². The van der Waals surface area contributed by atoms with Crippen molar-refractivity contribution in [1.82, 2.24) is 0 Å². The van der Waals surface area contributed by atoms with Crippen LogP contribution < -0.4 is 0 Å². The van der Waals surface area contributed by atoms with Crippen molar-refractivity contribution in [2.75, 3.05) is 6.61 Å². The fraction of sp³-hybridized carbons (Fsp3) is 0.846. The van der Waals surface area contributed by atoms with E-state index in [1.165, 1.54) is 12.8 Å². The minimum atomic E-state index is -0.0259. The summed E-state index contributed by atoms with van der Waals surface area (Å²) in [4.78, 5) is 27.5. The second-order valence-electron chi connectivity index (χ2n) is 4.11. The number of hydrogen-bond acceptors (Lipinski definition) is 4. The summed E-state index contributed by atoms with van der Waals surface area (Å²) in [6.45, 7) is 6.98. The summed E-state index contributed by atoms with van der Waals surface area (Å²) >= 11 is 0. The number of ether oxygens (including phenoxy) is 1. The first-order valence-corrected chi connectivity index (χ1v) is 6.27. The number of unbranched alkanes of at least 4 members (excludes halogenated alkanes) is 2.